The molecule has 57 valence electrons. The van der Waals surface area contributed by atoms with Gasteiger partial charge in [-0.1, -0.05) is 40.0 Å². The summed E-state index contributed by atoms with van der Waals surface area (Å²) in [7, 11) is 0. The summed E-state index contributed by atoms with van der Waals surface area (Å²) in [4.78, 5) is 10.3. The molecular formula is C8H15OY-. The van der Waals surface area contributed by atoms with Gasteiger partial charge in [0, 0.05) is 32.7 Å². The molecule has 0 unspecified atom stereocenters. The maximum atomic E-state index is 10.3. The van der Waals surface area contributed by atoms with Gasteiger partial charge in [-0.3, -0.25) is 6.29 Å². The molecule has 0 rings (SSSR count). The van der Waals surface area contributed by atoms with Crippen LogP contribution in [-0.4, -0.2) is 6.29 Å². The van der Waals surface area contributed by atoms with Gasteiger partial charge in [0.05, 0.1) is 0 Å². The molecule has 0 spiro atoms. The first-order chi connectivity index (χ1) is 3.81. The van der Waals surface area contributed by atoms with Crippen LogP contribution in [0.15, 0.2) is 0 Å². The van der Waals surface area contributed by atoms with Crippen molar-refractivity contribution in [3.05, 3.63) is 0 Å². The van der Waals surface area contributed by atoms with E-state index in [1.54, 1.807) is 0 Å². The first kappa shape index (κ1) is 13.4. The summed E-state index contributed by atoms with van der Waals surface area (Å²) in [5, 5.41) is 0. The fraction of sp³-hybridized carbons (Fsp3) is 0.875. The van der Waals surface area contributed by atoms with Gasteiger partial charge < -0.3 is 4.79 Å². The van der Waals surface area contributed by atoms with Crippen molar-refractivity contribution in [1.29, 1.82) is 0 Å². The maximum Gasteiger partial charge on any atom is 0 e. The van der Waals surface area contributed by atoms with E-state index < -0.39 is 0 Å². The third-order valence-corrected chi connectivity index (χ3v) is 2.13. The van der Waals surface area contributed by atoms with Gasteiger partial charge in [0.1, 0.15) is 0 Å². The van der Waals surface area contributed by atoms with E-state index in [4.69, 9.17) is 0 Å². The average molecular weight is 216 g/mol. The molecule has 2 heteroatoms. The summed E-state index contributed by atoms with van der Waals surface area (Å²) in [6.45, 7) is 9.92. The number of rotatable bonds is 1. The predicted molar refractivity (Wildman–Crippen MR) is 38.9 cm³/mol. The minimum Gasteiger partial charge on any atom is -0.541 e. The topological polar surface area (TPSA) is 17.1 Å². The Labute approximate surface area is 88.8 Å². The Morgan fingerprint density at radius 1 is 1.00 bits per heavy atom. The van der Waals surface area contributed by atoms with Gasteiger partial charge in [-0.15, -0.1) is 5.41 Å². The molecule has 0 aromatic heterocycles. The van der Waals surface area contributed by atoms with E-state index in [0.717, 1.165) is 0 Å². The number of hydrogen-bond acceptors (Lipinski definition) is 1. The van der Waals surface area contributed by atoms with Gasteiger partial charge in [-0.05, 0) is 0 Å². The molecule has 0 aliphatic heterocycles. The zero-order chi connectivity index (χ0) is 7.71. The van der Waals surface area contributed by atoms with Crippen molar-refractivity contribution in [2.24, 2.45) is 10.8 Å². The molecule has 0 aliphatic rings. The third kappa shape index (κ3) is 3.25. The summed E-state index contributed by atoms with van der Waals surface area (Å²) in [5.74, 6) is 0. The van der Waals surface area contributed by atoms with Crippen LogP contribution >= 0.6 is 0 Å². The van der Waals surface area contributed by atoms with E-state index in [1.807, 2.05) is 40.9 Å². The van der Waals surface area contributed by atoms with Gasteiger partial charge in [0.2, 0.25) is 0 Å². The quantitative estimate of drug-likeness (QED) is 0.614. The molecule has 10 heavy (non-hydrogen) atoms. The van der Waals surface area contributed by atoms with Crippen molar-refractivity contribution in [3.63, 3.8) is 0 Å². The zero-order valence-electron chi connectivity index (χ0n) is 7.49. The van der Waals surface area contributed by atoms with Crippen LogP contribution < -0.4 is 0 Å². The smallest absolute Gasteiger partial charge is 0 e. The Kier molecular flexibility index (Phi) is 5.30. The molecule has 0 bridgehead atoms. The van der Waals surface area contributed by atoms with E-state index in [1.165, 1.54) is 0 Å². The number of hydrogen-bond donors (Lipinski definition) is 0. The van der Waals surface area contributed by atoms with Crippen LogP contribution in [0.25, 0.3) is 0 Å². The Bertz CT molecular complexity index is 111. The third-order valence-electron chi connectivity index (χ3n) is 2.13. The summed E-state index contributed by atoms with van der Waals surface area (Å²) in [6, 6.07) is 0. The molecule has 0 aromatic rings. The van der Waals surface area contributed by atoms with Crippen molar-refractivity contribution < 1.29 is 37.5 Å². The van der Waals surface area contributed by atoms with Crippen molar-refractivity contribution in [2.45, 2.75) is 34.6 Å². The summed E-state index contributed by atoms with van der Waals surface area (Å²) in [6.07, 6.45) is 2.03. The predicted octanol–water partition coefficient (Wildman–Crippen LogP) is 2.17. The number of carbonyl (C=O) groups excluding carboxylic acids is 1. The molecule has 0 heterocycles. The molecule has 0 saturated carbocycles. The largest absolute Gasteiger partial charge is 0.541 e. The Hall–Kier alpha value is 0.774. The van der Waals surface area contributed by atoms with Crippen LogP contribution in [0.3, 0.4) is 0 Å². The second-order valence-corrected chi connectivity index (χ2v) is 3.98. The molecule has 0 N–H and O–H groups in total. The van der Waals surface area contributed by atoms with Crippen LogP contribution in [0, 0.1) is 10.8 Å². The SMILES string of the molecule is CC(C)(C)C(C)(C)[C-]=O.[Y]. The molecular weight excluding hydrogens is 201 g/mol. The molecule has 0 aliphatic carbocycles. The molecule has 0 amide bonds. The van der Waals surface area contributed by atoms with Crippen LogP contribution in [-0.2, 0) is 37.5 Å². The van der Waals surface area contributed by atoms with Gasteiger partial charge in [-0.25, -0.2) is 0 Å². The molecule has 1 radical (unpaired) electrons. The van der Waals surface area contributed by atoms with Crippen LogP contribution in [0.5, 0.6) is 0 Å². The second kappa shape index (κ2) is 3.97. The van der Waals surface area contributed by atoms with Gasteiger partial charge in [-0.2, -0.15) is 0 Å². The summed E-state index contributed by atoms with van der Waals surface area (Å²) < 4.78 is 0. The zero-order valence-corrected chi connectivity index (χ0v) is 10.3. The van der Waals surface area contributed by atoms with Gasteiger partial charge >= 0.3 is 0 Å². The van der Waals surface area contributed by atoms with Crippen LogP contribution in [0.4, 0.5) is 0 Å². The van der Waals surface area contributed by atoms with E-state index in [2.05, 4.69) is 0 Å². The fourth-order valence-corrected chi connectivity index (χ4v) is 0.153. The monoisotopic (exact) mass is 216 g/mol. The summed E-state index contributed by atoms with van der Waals surface area (Å²) >= 11 is 0. The molecule has 0 atom stereocenters. The van der Waals surface area contributed by atoms with E-state index in [9.17, 15) is 4.79 Å². The van der Waals surface area contributed by atoms with E-state index in [0.29, 0.717) is 0 Å². The summed E-state index contributed by atoms with van der Waals surface area (Å²) in [5.41, 5.74) is -0.304. The fourth-order valence-electron chi connectivity index (χ4n) is 0.153. The van der Waals surface area contributed by atoms with Crippen LogP contribution in [0.2, 0.25) is 0 Å². The van der Waals surface area contributed by atoms with Crippen molar-refractivity contribution in [3.8, 4) is 0 Å². The average Bonchev–Trinajstić information content (AvgIpc) is 1.64. The Morgan fingerprint density at radius 3 is 1.30 bits per heavy atom. The maximum absolute atomic E-state index is 10.3. The molecule has 0 aromatic carbocycles. The minimum atomic E-state index is -0.326. The van der Waals surface area contributed by atoms with Crippen molar-refractivity contribution in [2.75, 3.05) is 0 Å². The van der Waals surface area contributed by atoms with Crippen molar-refractivity contribution in [1.82, 2.24) is 0 Å². The van der Waals surface area contributed by atoms with E-state index >= 15 is 0 Å². The molecule has 1 nitrogen and oxygen atoms in total. The van der Waals surface area contributed by atoms with Gasteiger partial charge in [0.15, 0.2) is 0 Å². The Balaban J connectivity index is 0. The standard InChI is InChI=1S/C8H15O.Y/c1-7(2,3)8(4,5)6-9;/h1-5H3;/q-1;. The first-order valence-corrected chi connectivity index (χ1v) is 3.20. The van der Waals surface area contributed by atoms with E-state index in [-0.39, 0.29) is 43.5 Å². The molecule has 0 saturated heterocycles. The normalized spacial score (nSPS) is 12.1. The second-order valence-electron chi connectivity index (χ2n) is 3.98. The van der Waals surface area contributed by atoms with Gasteiger partial charge in [0.25, 0.3) is 0 Å². The van der Waals surface area contributed by atoms with Crippen molar-refractivity contribution >= 4 is 6.29 Å². The van der Waals surface area contributed by atoms with Crippen LogP contribution in [0.1, 0.15) is 34.6 Å². The Morgan fingerprint density at radius 2 is 1.30 bits per heavy atom. The minimum absolute atomic E-state index is 0. The molecule has 0 fully saturated rings. The first-order valence-electron chi connectivity index (χ1n) is 3.20.